The van der Waals surface area contributed by atoms with Crippen LogP contribution in [0.4, 0.5) is 5.82 Å². The Labute approximate surface area is 121 Å². The lowest BCUT2D eigenvalue weighted by molar-refractivity contribution is 0.229. The van der Waals surface area contributed by atoms with Gasteiger partial charge >= 0.3 is 0 Å². The van der Waals surface area contributed by atoms with E-state index in [1.807, 2.05) is 22.7 Å². The summed E-state index contributed by atoms with van der Waals surface area (Å²) in [4.78, 5) is 4.33. The Balaban J connectivity index is 1.47. The molecule has 0 spiro atoms. The summed E-state index contributed by atoms with van der Waals surface area (Å²) in [6.45, 7) is 1.52. The highest BCUT2D eigenvalue weighted by atomic mass is 16.5. The Kier molecular flexibility index (Phi) is 2.92. The molecule has 6 nitrogen and oxygen atoms in total. The van der Waals surface area contributed by atoms with Gasteiger partial charge in [0.2, 0.25) is 5.65 Å². The predicted molar refractivity (Wildman–Crippen MR) is 78.4 cm³/mol. The second kappa shape index (κ2) is 5.05. The lowest BCUT2D eigenvalue weighted by atomic mass is 9.97. The van der Waals surface area contributed by atoms with Gasteiger partial charge in [0.1, 0.15) is 12.1 Å². The van der Waals surface area contributed by atoms with Crippen LogP contribution in [-0.4, -0.2) is 32.7 Å². The SMILES string of the molecule is c1ccc2c(c1)CC(CNc1nccn3cnnc13)CO2. The molecule has 0 fully saturated rings. The zero-order valence-electron chi connectivity index (χ0n) is 11.4. The third kappa shape index (κ3) is 2.29. The van der Waals surface area contributed by atoms with Crippen LogP contribution in [0.5, 0.6) is 5.75 Å². The average Bonchev–Trinajstić information content (AvgIpc) is 3.02. The number of rotatable bonds is 3. The molecule has 1 aliphatic heterocycles. The normalized spacial score (nSPS) is 17.2. The van der Waals surface area contributed by atoms with E-state index >= 15 is 0 Å². The van der Waals surface area contributed by atoms with Crippen molar-refractivity contribution in [1.29, 1.82) is 0 Å². The third-order valence-corrected chi connectivity index (χ3v) is 3.73. The van der Waals surface area contributed by atoms with E-state index in [4.69, 9.17) is 4.74 Å². The van der Waals surface area contributed by atoms with Gasteiger partial charge in [0.25, 0.3) is 0 Å². The van der Waals surface area contributed by atoms with E-state index in [2.05, 4.69) is 32.6 Å². The minimum Gasteiger partial charge on any atom is -0.493 e. The topological polar surface area (TPSA) is 64.3 Å². The summed E-state index contributed by atoms with van der Waals surface area (Å²) in [5.41, 5.74) is 2.01. The molecule has 21 heavy (non-hydrogen) atoms. The van der Waals surface area contributed by atoms with Gasteiger partial charge < -0.3 is 10.1 Å². The van der Waals surface area contributed by atoms with E-state index in [1.165, 1.54) is 5.56 Å². The van der Waals surface area contributed by atoms with E-state index in [-0.39, 0.29) is 0 Å². The molecule has 1 N–H and O–H groups in total. The maximum atomic E-state index is 5.80. The van der Waals surface area contributed by atoms with Crippen molar-refractivity contribution in [3.05, 3.63) is 48.5 Å². The Morgan fingerprint density at radius 3 is 3.29 bits per heavy atom. The van der Waals surface area contributed by atoms with Crippen molar-refractivity contribution in [2.24, 2.45) is 5.92 Å². The fourth-order valence-corrected chi connectivity index (χ4v) is 2.65. The molecule has 2 aromatic heterocycles. The van der Waals surface area contributed by atoms with Crippen molar-refractivity contribution in [2.75, 3.05) is 18.5 Å². The number of benzene rings is 1. The molecule has 0 aliphatic carbocycles. The third-order valence-electron chi connectivity index (χ3n) is 3.73. The van der Waals surface area contributed by atoms with Gasteiger partial charge in [0.15, 0.2) is 5.82 Å². The second-order valence-electron chi connectivity index (χ2n) is 5.21. The van der Waals surface area contributed by atoms with Crippen LogP contribution in [0.2, 0.25) is 0 Å². The van der Waals surface area contributed by atoms with Crippen LogP contribution in [0, 0.1) is 5.92 Å². The number of ether oxygens (including phenoxy) is 1. The van der Waals surface area contributed by atoms with E-state index in [9.17, 15) is 0 Å². The number of hydrogen-bond donors (Lipinski definition) is 1. The number of fused-ring (bicyclic) bond motifs is 2. The molecule has 3 heterocycles. The zero-order chi connectivity index (χ0) is 14.1. The Morgan fingerprint density at radius 2 is 2.29 bits per heavy atom. The van der Waals surface area contributed by atoms with E-state index in [0.29, 0.717) is 5.92 Å². The highest BCUT2D eigenvalue weighted by Gasteiger charge is 2.19. The van der Waals surface area contributed by atoms with Crippen LogP contribution >= 0.6 is 0 Å². The van der Waals surface area contributed by atoms with Gasteiger partial charge in [-0.15, -0.1) is 10.2 Å². The minimum atomic E-state index is 0.421. The monoisotopic (exact) mass is 281 g/mol. The fourth-order valence-electron chi connectivity index (χ4n) is 2.65. The predicted octanol–water partition coefficient (Wildman–Crippen LogP) is 1.79. The van der Waals surface area contributed by atoms with E-state index in [0.717, 1.165) is 36.8 Å². The molecule has 1 atom stereocenters. The second-order valence-corrected chi connectivity index (χ2v) is 5.21. The summed E-state index contributed by atoms with van der Waals surface area (Å²) in [5.74, 6) is 2.19. The summed E-state index contributed by atoms with van der Waals surface area (Å²) < 4.78 is 7.65. The van der Waals surface area contributed by atoms with Gasteiger partial charge in [-0.1, -0.05) is 18.2 Å². The first-order valence-electron chi connectivity index (χ1n) is 6.99. The van der Waals surface area contributed by atoms with Crippen LogP contribution in [0.25, 0.3) is 5.65 Å². The molecule has 6 heteroatoms. The molecule has 1 aromatic carbocycles. The molecule has 3 aromatic rings. The smallest absolute Gasteiger partial charge is 0.203 e. The van der Waals surface area contributed by atoms with Gasteiger partial charge in [-0.05, 0) is 18.1 Å². The van der Waals surface area contributed by atoms with E-state index in [1.54, 1.807) is 12.5 Å². The quantitative estimate of drug-likeness (QED) is 0.793. The molecular formula is C15H15N5O. The van der Waals surface area contributed by atoms with Crippen LogP contribution in [0.1, 0.15) is 5.56 Å². The molecular weight excluding hydrogens is 266 g/mol. The van der Waals surface area contributed by atoms with Crippen LogP contribution in [-0.2, 0) is 6.42 Å². The molecule has 0 saturated heterocycles. The Hall–Kier alpha value is -2.63. The van der Waals surface area contributed by atoms with Crippen molar-refractivity contribution < 1.29 is 4.74 Å². The number of aromatic nitrogens is 4. The summed E-state index contributed by atoms with van der Waals surface area (Å²) in [5, 5.41) is 11.3. The lowest BCUT2D eigenvalue weighted by Crippen LogP contribution is -2.27. The summed E-state index contributed by atoms with van der Waals surface area (Å²) in [6, 6.07) is 8.21. The minimum absolute atomic E-state index is 0.421. The molecule has 1 aliphatic rings. The van der Waals surface area contributed by atoms with E-state index < -0.39 is 0 Å². The van der Waals surface area contributed by atoms with Crippen LogP contribution in [0.3, 0.4) is 0 Å². The van der Waals surface area contributed by atoms with Crippen molar-refractivity contribution in [3.8, 4) is 5.75 Å². The average molecular weight is 281 g/mol. The molecule has 0 radical (unpaired) electrons. The first kappa shape index (κ1) is 12.1. The first-order chi connectivity index (χ1) is 10.4. The highest BCUT2D eigenvalue weighted by molar-refractivity contribution is 5.61. The maximum absolute atomic E-state index is 5.80. The molecule has 1 unspecified atom stereocenters. The molecule has 0 saturated carbocycles. The lowest BCUT2D eigenvalue weighted by Gasteiger charge is -2.25. The maximum Gasteiger partial charge on any atom is 0.203 e. The Morgan fingerprint density at radius 1 is 1.33 bits per heavy atom. The van der Waals surface area contributed by atoms with Gasteiger partial charge in [0, 0.05) is 24.9 Å². The standard InChI is InChI=1S/C15H15N5O/c1-2-4-13-12(3-1)7-11(9-21-13)8-17-14-15-19-18-10-20(15)6-5-16-14/h1-6,10-11H,7-9H2,(H,16,17). The van der Waals surface area contributed by atoms with Crippen molar-refractivity contribution in [3.63, 3.8) is 0 Å². The first-order valence-corrected chi connectivity index (χ1v) is 6.99. The number of nitrogens with zero attached hydrogens (tertiary/aromatic N) is 4. The zero-order valence-corrected chi connectivity index (χ0v) is 11.4. The van der Waals surface area contributed by atoms with Crippen molar-refractivity contribution in [2.45, 2.75) is 6.42 Å². The van der Waals surface area contributed by atoms with Gasteiger partial charge in [0.05, 0.1) is 6.61 Å². The van der Waals surface area contributed by atoms with Crippen LogP contribution in [0.15, 0.2) is 43.0 Å². The molecule has 0 amide bonds. The summed E-state index contributed by atoms with van der Waals surface area (Å²) >= 11 is 0. The molecule has 4 rings (SSSR count). The fraction of sp³-hybridized carbons (Fsp3) is 0.267. The van der Waals surface area contributed by atoms with Crippen molar-refractivity contribution >= 4 is 11.5 Å². The molecule has 106 valence electrons. The van der Waals surface area contributed by atoms with Gasteiger partial charge in [-0.3, -0.25) is 4.40 Å². The number of nitrogens with one attached hydrogen (secondary N) is 1. The highest BCUT2D eigenvalue weighted by Crippen LogP contribution is 2.26. The largest absolute Gasteiger partial charge is 0.493 e. The number of para-hydroxylation sites is 1. The summed E-state index contributed by atoms with van der Waals surface area (Å²) in [6.07, 6.45) is 6.26. The number of hydrogen-bond acceptors (Lipinski definition) is 5. The van der Waals surface area contributed by atoms with Crippen LogP contribution < -0.4 is 10.1 Å². The van der Waals surface area contributed by atoms with Gasteiger partial charge in [-0.25, -0.2) is 4.98 Å². The number of anilines is 1. The Bertz CT molecular complexity index is 769. The summed E-state index contributed by atoms with van der Waals surface area (Å²) in [7, 11) is 0. The van der Waals surface area contributed by atoms with Gasteiger partial charge in [-0.2, -0.15) is 0 Å². The van der Waals surface area contributed by atoms with Crippen molar-refractivity contribution in [1.82, 2.24) is 19.6 Å². The molecule has 0 bridgehead atoms.